The van der Waals surface area contributed by atoms with E-state index in [0.29, 0.717) is 6.42 Å². The molecule has 3 fully saturated rings. The van der Waals surface area contributed by atoms with Crippen LogP contribution in [0.25, 0.3) is 0 Å². The number of aliphatic carboxylic acids is 1. The van der Waals surface area contributed by atoms with E-state index in [2.05, 4.69) is 6.92 Å². The Labute approximate surface area is 176 Å². The summed E-state index contributed by atoms with van der Waals surface area (Å²) in [4.78, 5) is 36.5. The molecule has 0 spiro atoms. The fourth-order valence-corrected chi connectivity index (χ4v) is 7.17. The number of carboxylic acid groups (broad SMARTS) is 1. The topological polar surface area (TPSA) is 110 Å². The predicted molar refractivity (Wildman–Crippen MR) is 106 cm³/mol. The van der Waals surface area contributed by atoms with Gasteiger partial charge in [0, 0.05) is 16.7 Å². The van der Waals surface area contributed by atoms with E-state index in [1.807, 2.05) is 13.0 Å². The number of aliphatic hydroxyl groups excluding tert-OH is 1. The molecule has 3 saturated carbocycles. The molecule has 0 aromatic heterocycles. The van der Waals surface area contributed by atoms with Crippen LogP contribution < -0.4 is 0 Å². The van der Waals surface area contributed by atoms with E-state index in [1.54, 1.807) is 19.1 Å². The summed E-state index contributed by atoms with van der Waals surface area (Å²) < 4.78 is 10.4. The summed E-state index contributed by atoms with van der Waals surface area (Å²) >= 11 is 0. The van der Waals surface area contributed by atoms with Gasteiger partial charge >= 0.3 is 12.1 Å². The zero-order valence-corrected chi connectivity index (χ0v) is 17.7. The molecule has 0 radical (unpaired) electrons. The van der Waals surface area contributed by atoms with Crippen molar-refractivity contribution in [3.8, 4) is 0 Å². The van der Waals surface area contributed by atoms with Gasteiger partial charge in [0.05, 0.1) is 12.7 Å². The zero-order chi connectivity index (χ0) is 21.9. The van der Waals surface area contributed by atoms with Crippen LogP contribution in [0, 0.1) is 28.6 Å². The molecule has 4 rings (SSSR count). The van der Waals surface area contributed by atoms with Gasteiger partial charge in [0.2, 0.25) is 5.60 Å². The van der Waals surface area contributed by atoms with Gasteiger partial charge in [-0.25, -0.2) is 9.59 Å². The molecule has 0 aromatic rings. The quantitative estimate of drug-likeness (QED) is 0.677. The Morgan fingerprint density at radius 1 is 1.27 bits per heavy atom. The van der Waals surface area contributed by atoms with Gasteiger partial charge in [0.1, 0.15) is 0 Å². The van der Waals surface area contributed by atoms with Crippen molar-refractivity contribution in [1.29, 1.82) is 0 Å². The maximum atomic E-state index is 12.4. The molecule has 4 aliphatic carbocycles. The molecular weight excluding hydrogens is 388 g/mol. The normalized spacial score (nSPS) is 44.4. The largest absolute Gasteiger partial charge is 0.509 e. The molecule has 0 saturated heterocycles. The minimum absolute atomic E-state index is 0.0131. The highest BCUT2D eigenvalue weighted by Crippen LogP contribution is 2.67. The number of hydrogen-bond acceptors (Lipinski definition) is 6. The SMILES string of the molecule is CCOC(=O)O[C@]1(C(=O)O)CCC2C3CCC4=CC(=O)C=C[C@]4(C)C3[C@@H](O)C[C@@]21C. The lowest BCUT2D eigenvalue weighted by atomic mass is 9.46. The fourth-order valence-electron chi connectivity index (χ4n) is 7.17. The minimum atomic E-state index is -1.72. The van der Waals surface area contributed by atoms with Crippen molar-refractivity contribution in [1.82, 2.24) is 0 Å². The van der Waals surface area contributed by atoms with Crippen LogP contribution in [0.15, 0.2) is 23.8 Å². The van der Waals surface area contributed by atoms with Crippen molar-refractivity contribution in [3.63, 3.8) is 0 Å². The Kier molecular flexibility index (Phi) is 4.88. The Morgan fingerprint density at radius 3 is 2.67 bits per heavy atom. The summed E-state index contributed by atoms with van der Waals surface area (Å²) in [7, 11) is 0. The van der Waals surface area contributed by atoms with Crippen LogP contribution in [0.3, 0.4) is 0 Å². The maximum absolute atomic E-state index is 12.4. The maximum Gasteiger partial charge on any atom is 0.509 e. The number of carbonyl (C=O) groups is 3. The number of carboxylic acids is 1. The molecule has 164 valence electrons. The minimum Gasteiger partial charge on any atom is -0.478 e. The van der Waals surface area contributed by atoms with E-state index in [-0.39, 0.29) is 43.0 Å². The third kappa shape index (κ3) is 2.70. The van der Waals surface area contributed by atoms with Crippen LogP contribution in [0.5, 0.6) is 0 Å². The van der Waals surface area contributed by atoms with Gasteiger partial charge < -0.3 is 19.7 Å². The van der Waals surface area contributed by atoms with E-state index < -0.39 is 34.7 Å². The molecule has 0 heterocycles. The second kappa shape index (κ2) is 6.94. The highest BCUT2D eigenvalue weighted by Gasteiger charge is 2.71. The molecule has 30 heavy (non-hydrogen) atoms. The van der Waals surface area contributed by atoms with Gasteiger partial charge in [-0.2, -0.15) is 0 Å². The second-order valence-corrected chi connectivity index (χ2v) is 9.67. The van der Waals surface area contributed by atoms with E-state index >= 15 is 0 Å². The Morgan fingerprint density at radius 2 is 2.00 bits per heavy atom. The lowest BCUT2D eigenvalue weighted by Gasteiger charge is -2.59. The molecule has 0 bridgehead atoms. The summed E-state index contributed by atoms with van der Waals surface area (Å²) in [6, 6.07) is 0. The van der Waals surface area contributed by atoms with Gasteiger partial charge in [-0.3, -0.25) is 4.79 Å². The summed E-state index contributed by atoms with van der Waals surface area (Å²) in [6.07, 6.45) is 5.98. The predicted octanol–water partition coefficient (Wildman–Crippen LogP) is 3.26. The van der Waals surface area contributed by atoms with Crippen LogP contribution >= 0.6 is 0 Å². The van der Waals surface area contributed by atoms with Crippen molar-refractivity contribution >= 4 is 17.9 Å². The van der Waals surface area contributed by atoms with Crippen LogP contribution in [-0.2, 0) is 19.1 Å². The van der Waals surface area contributed by atoms with Crippen molar-refractivity contribution < 1.29 is 34.1 Å². The number of allylic oxidation sites excluding steroid dienone is 4. The van der Waals surface area contributed by atoms with Gasteiger partial charge in [-0.15, -0.1) is 0 Å². The fraction of sp³-hybridized carbons (Fsp3) is 0.696. The van der Waals surface area contributed by atoms with E-state index in [1.165, 1.54) is 0 Å². The van der Waals surface area contributed by atoms with Crippen molar-refractivity contribution in [2.45, 2.75) is 64.6 Å². The Hall–Kier alpha value is -2.15. The van der Waals surface area contributed by atoms with Gasteiger partial charge in [-0.05, 0) is 63.0 Å². The molecule has 7 atom stereocenters. The van der Waals surface area contributed by atoms with Crippen molar-refractivity contribution in [2.75, 3.05) is 6.61 Å². The first-order chi connectivity index (χ1) is 14.1. The summed E-state index contributed by atoms with van der Waals surface area (Å²) in [6.45, 7) is 5.64. The number of fused-ring (bicyclic) bond motifs is 5. The Balaban J connectivity index is 1.72. The molecule has 7 heteroatoms. The zero-order valence-electron chi connectivity index (χ0n) is 17.7. The first-order valence-electron chi connectivity index (χ1n) is 10.8. The molecule has 3 unspecified atom stereocenters. The molecular formula is C23H30O7. The number of ketones is 1. The lowest BCUT2D eigenvalue weighted by Crippen LogP contribution is -2.62. The average Bonchev–Trinajstić information content (AvgIpc) is 2.95. The molecule has 4 aliphatic rings. The molecule has 7 nitrogen and oxygen atoms in total. The first-order valence-corrected chi connectivity index (χ1v) is 10.8. The summed E-state index contributed by atoms with van der Waals surface area (Å²) in [5, 5.41) is 21.5. The standard InChI is InChI=1S/C23H30O7/c1-4-29-20(28)30-23(19(26)27)10-8-16-15-6-5-13-11-14(24)7-9-21(13,2)18(15)17(25)12-22(16,23)3/h7,9,11,15-18,25H,4-6,8,10,12H2,1-3H3,(H,26,27)/t15?,16?,17-,18?,21-,22-,23-/m0/s1. The third-order valence-corrected chi connectivity index (χ3v) is 8.48. The first kappa shape index (κ1) is 21.1. The molecule has 0 aromatic carbocycles. The number of carbonyl (C=O) groups excluding carboxylic acids is 2. The van der Waals surface area contributed by atoms with Crippen LogP contribution in [0.2, 0.25) is 0 Å². The third-order valence-electron chi connectivity index (χ3n) is 8.48. The van der Waals surface area contributed by atoms with Crippen molar-refractivity contribution in [2.24, 2.45) is 28.6 Å². The number of ether oxygens (including phenoxy) is 2. The van der Waals surface area contributed by atoms with Crippen molar-refractivity contribution in [3.05, 3.63) is 23.8 Å². The molecule has 2 N–H and O–H groups in total. The van der Waals surface area contributed by atoms with E-state index in [9.17, 15) is 24.6 Å². The Bertz CT molecular complexity index is 844. The van der Waals surface area contributed by atoms with Crippen LogP contribution in [0.1, 0.15) is 52.9 Å². The van der Waals surface area contributed by atoms with E-state index in [4.69, 9.17) is 9.47 Å². The van der Waals surface area contributed by atoms with Gasteiger partial charge in [0.25, 0.3) is 0 Å². The molecule has 0 aliphatic heterocycles. The number of hydrogen-bond donors (Lipinski definition) is 2. The summed E-state index contributed by atoms with van der Waals surface area (Å²) in [5.74, 6) is -1.25. The summed E-state index contributed by atoms with van der Waals surface area (Å²) in [5.41, 5.74) is -2.00. The molecule has 0 amide bonds. The highest BCUT2D eigenvalue weighted by atomic mass is 16.7. The smallest absolute Gasteiger partial charge is 0.478 e. The van der Waals surface area contributed by atoms with Crippen LogP contribution in [-0.4, -0.2) is 46.4 Å². The average molecular weight is 418 g/mol. The lowest BCUT2D eigenvalue weighted by molar-refractivity contribution is -0.196. The number of rotatable bonds is 3. The highest BCUT2D eigenvalue weighted by molar-refractivity contribution is 6.01. The monoisotopic (exact) mass is 418 g/mol. The second-order valence-electron chi connectivity index (χ2n) is 9.67. The van der Waals surface area contributed by atoms with E-state index in [0.717, 1.165) is 18.4 Å². The van der Waals surface area contributed by atoms with Crippen LogP contribution in [0.4, 0.5) is 4.79 Å². The number of aliphatic hydroxyl groups is 1. The van der Waals surface area contributed by atoms with Gasteiger partial charge in [0.15, 0.2) is 5.78 Å². The van der Waals surface area contributed by atoms with Gasteiger partial charge in [-0.1, -0.05) is 25.5 Å².